The molecule has 1 fully saturated rings. The van der Waals surface area contributed by atoms with Crippen LogP contribution in [0.5, 0.6) is 0 Å². The van der Waals surface area contributed by atoms with Gasteiger partial charge >= 0.3 is 0 Å². The molecule has 1 saturated heterocycles. The van der Waals surface area contributed by atoms with Crippen LogP contribution in [0.25, 0.3) is 0 Å². The number of nitrogens with zero attached hydrogens (tertiary/aromatic N) is 2. The standard InChI is InChI=1S/C11H14ClN2/c12-11-3-1-2-10(8-11)9-14-6-4-13-5-7-14/h1-3,8H,4-7,9H2. The van der Waals surface area contributed by atoms with Gasteiger partial charge in [0.2, 0.25) is 0 Å². The molecule has 1 aromatic rings. The van der Waals surface area contributed by atoms with Crippen molar-refractivity contribution >= 4 is 11.6 Å². The molecule has 2 rings (SSSR count). The Kier molecular flexibility index (Phi) is 3.40. The molecular weight excluding hydrogens is 196 g/mol. The van der Waals surface area contributed by atoms with E-state index in [1.807, 2.05) is 18.2 Å². The Hall–Kier alpha value is -0.570. The highest BCUT2D eigenvalue weighted by Gasteiger charge is 2.10. The first-order valence-corrected chi connectivity index (χ1v) is 5.32. The van der Waals surface area contributed by atoms with Crippen molar-refractivity contribution in [1.29, 1.82) is 0 Å². The molecule has 0 aromatic heterocycles. The fraction of sp³-hybridized carbons (Fsp3) is 0.455. The van der Waals surface area contributed by atoms with Crippen LogP contribution in [0, 0.1) is 0 Å². The lowest BCUT2D eigenvalue weighted by Crippen LogP contribution is -2.39. The van der Waals surface area contributed by atoms with Gasteiger partial charge in [0.25, 0.3) is 0 Å². The van der Waals surface area contributed by atoms with Crippen LogP contribution in [0.2, 0.25) is 5.02 Å². The third kappa shape index (κ3) is 2.71. The summed E-state index contributed by atoms with van der Waals surface area (Å²) < 4.78 is 0. The van der Waals surface area contributed by atoms with Crippen molar-refractivity contribution < 1.29 is 0 Å². The van der Waals surface area contributed by atoms with E-state index in [2.05, 4.69) is 16.3 Å². The van der Waals surface area contributed by atoms with Gasteiger partial charge in [0, 0.05) is 37.7 Å². The number of rotatable bonds is 2. The van der Waals surface area contributed by atoms with Gasteiger partial charge in [0.15, 0.2) is 0 Å². The average molecular weight is 210 g/mol. The number of benzene rings is 1. The Morgan fingerprint density at radius 3 is 2.79 bits per heavy atom. The zero-order valence-corrected chi connectivity index (χ0v) is 8.87. The Balaban J connectivity index is 1.95. The lowest BCUT2D eigenvalue weighted by molar-refractivity contribution is 0.231. The molecular formula is C11H14ClN2. The van der Waals surface area contributed by atoms with Crippen LogP contribution in [0.15, 0.2) is 24.3 Å². The second-order valence-electron chi connectivity index (χ2n) is 3.58. The summed E-state index contributed by atoms with van der Waals surface area (Å²) in [5.74, 6) is 0. The summed E-state index contributed by atoms with van der Waals surface area (Å²) in [5.41, 5.74) is 1.29. The molecule has 0 saturated carbocycles. The Labute approximate surface area is 89.9 Å². The van der Waals surface area contributed by atoms with Crippen molar-refractivity contribution in [2.75, 3.05) is 26.2 Å². The Morgan fingerprint density at radius 1 is 1.29 bits per heavy atom. The number of hydrogen-bond acceptors (Lipinski definition) is 1. The highest BCUT2D eigenvalue weighted by molar-refractivity contribution is 6.30. The molecule has 1 aliphatic rings. The first kappa shape index (κ1) is 9.97. The SMILES string of the molecule is Clc1cccc(CN2CC[N]CC2)c1. The van der Waals surface area contributed by atoms with Gasteiger partial charge in [-0.15, -0.1) is 0 Å². The van der Waals surface area contributed by atoms with Crippen molar-refractivity contribution in [1.82, 2.24) is 10.2 Å². The van der Waals surface area contributed by atoms with Crippen LogP contribution in [-0.4, -0.2) is 31.1 Å². The molecule has 1 aromatic carbocycles. The van der Waals surface area contributed by atoms with Crippen molar-refractivity contribution in [2.45, 2.75) is 6.54 Å². The molecule has 1 aliphatic heterocycles. The van der Waals surface area contributed by atoms with E-state index in [0.29, 0.717) is 0 Å². The second kappa shape index (κ2) is 4.78. The van der Waals surface area contributed by atoms with Gasteiger partial charge in [0.1, 0.15) is 0 Å². The highest BCUT2D eigenvalue weighted by atomic mass is 35.5. The van der Waals surface area contributed by atoms with Crippen molar-refractivity contribution in [2.24, 2.45) is 0 Å². The quantitative estimate of drug-likeness (QED) is 0.726. The van der Waals surface area contributed by atoms with E-state index in [1.165, 1.54) is 5.56 Å². The maximum Gasteiger partial charge on any atom is 0.0409 e. The molecule has 0 N–H and O–H groups in total. The second-order valence-corrected chi connectivity index (χ2v) is 4.01. The van der Waals surface area contributed by atoms with Gasteiger partial charge in [-0.1, -0.05) is 23.7 Å². The van der Waals surface area contributed by atoms with E-state index in [-0.39, 0.29) is 0 Å². The van der Waals surface area contributed by atoms with Crippen molar-refractivity contribution in [3.63, 3.8) is 0 Å². The van der Waals surface area contributed by atoms with Crippen molar-refractivity contribution in [3.8, 4) is 0 Å². The van der Waals surface area contributed by atoms with Crippen LogP contribution in [0.1, 0.15) is 5.56 Å². The number of halogens is 1. The predicted molar refractivity (Wildman–Crippen MR) is 58.6 cm³/mol. The molecule has 0 aliphatic carbocycles. The summed E-state index contributed by atoms with van der Waals surface area (Å²) in [6, 6.07) is 8.08. The van der Waals surface area contributed by atoms with E-state index >= 15 is 0 Å². The van der Waals surface area contributed by atoms with E-state index < -0.39 is 0 Å². The molecule has 1 radical (unpaired) electrons. The smallest absolute Gasteiger partial charge is 0.0409 e. The highest BCUT2D eigenvalue weighted by Crippen LogP contribution is 2.12. The maximum absolute atomic E-state index is 5.93. The van der Waals surface area contributed by atoms with Crippen LogP contribution < -0.4 is 5.32 Å². The summed E-state index contributed by atoms with van der Waals surface area (Å²) in [5, 5.41) is 5.14. The summed E-state index contributed by atoms with van der Waals surface area (Å²) >= 11 is 5.93. The maximum atomic E-state index is 5.93. The summed E-state index contributed by atoms with van der Waals surface area (Å²) in [6.07, 6.45) is 0. The van der Waals surface area contributed by atoms with Gasteiger partial charge in [-0.25, -0.2) is 5.32 Å². The molecule has 75 valence electrons. The first-order chi connectivity index (χ1) is 6.84. The summed E-state index contributed by atoms with van der Waals surface area (Å²) in [7, 11) is 0. The molecule has 0 atom stereocenters. The Bertz CT molecular complexity index is 295. The lowest BCUT2D eigenvalue weighted by Gasteiger charge is -2.26. The fourth-order valence-corrected chi connectivity index (χ4v) is 1.91. The third-order valence-corrected chi connectivity index (χ3v) is 2.68. The number of piperazine rings is 1. The monoisotopic (exact) mass is 209 g/mol. The van der Waals surface area contributed by atoms with E-state index in [4.69, 9.17) is 11.6 Å². The van der Waals surface area contributed by atoms with Gasteiger partial charge in [-0.2, -0.15) is 0 Å². The van der Waals surface area contributed by atoms with Crippen LogP contribution in [0.3, 0.4) is 0 Å². The molecule has 0 bridgehead atoms. The minimum Gasteiger partial charge on any atom is -0.296 e. The Morgan fingerprint density at radius 2 is 2.07 bits per heavy atom. The van der Waals surface area contributed by atoms with E-state index in [1.54, 1.807) is 0 Å². The zero-order chi connectivity index (χ0) is 9.80. The lowest BCUT2D eigenvalue weighted by atomic mass is 10.2. The minimum absolute atomic E-state index is 0.823. The normalized spacial score (nSPS) is 18.4. The number of hydrogen-bond donors (Lipinski definition) is 0. The van der Waals surface area contributed by atoms with Crippen LogP contribution in [0.4, 0.5) is 0 Å². The van der Waals surface area contributed by atoms with Gasteiger partial charge in [0.05, 0.1) is 0 Å². The van der Waals surface area contributed by atoms with E-state index in [9.17, 15) is 0 Å². The topological polar surface area (TPSA) is 17.3 Å². The van der Waals surface area contributed by atoms with Crippen LogP contribution in [-0.2, 0) is 6.54 Å². The molecule has 3 heteroatoms. The van der Waals surface area contributed by atoms with Crippen LogP contribution >= 0.6 is 11.6 Å². The molecule has 2 nitrogen and oxygen atoms in total. The van der Waals surface area contributed by atoms with Gasteiger partial charge < -0.3 is 0 Å². The summed E-state index contributed by atoms with van der Waals surface area (Å²) in [6.45, 7) is 5.09. The largest absolute Gasteiger partial charge is 0.296 e. The minimum atomic E-state index is 0.823. The molecule has 0 amide bonds. The van der Waals surface area contributed by atoms with Gasteiger partial charge in [-0.05, 0) is 17.7 Å². The average Bonchev–Trinajstić information content (AvgIpc) is 2.19. The molecule has 1 heterocycles. The van der Waals surface area contributed by atoms with Gasteiger partial charge in [-0.3, -0.25) is 4.90 Å². The zero-order valence-electron chi connectivity index (χ0n) is 8.12. The van der Waals surface area contributed by atoms with Crippen molar-refractivity contribution in [3.05, 3.63) is 34.9 Å². The summed E-state index contributed by atoms with van der Waals surface area (Å²) in [4.78, 5) is 2.42. The molecule has 14 heavy (non-hydrogen) atoms. The molecule has 0 unspecified atom stereocenters. The fourth-order valence-electron chi connectivity index (χ4n) is 1.70. The molecule has 0 spiro atoms. The predicted octanol–water partition coefficient (Wildman–Crippen LogP) is 1.76. The third-order valence-electron chi connectivity index (χ3n) is 2.44. The first-order valence-electron chi connectivity index (χ1n) is 4.95. The van der Waals surface area contributed by atoms with E-state index in [0.717, 1.165) is 37.7 Å².